The summed E-state index contributed by atoms with van der Waals surface area (Å²) >= 11 is 5.90. The van der Waals surface area contributed by atoms with E-state index in [1.54, 1.807) is 43.4 Å². The van der Waals surface area contributed by atoms with Crippen molar-refractivity contribution in [3.05, 3.63) is 64.7 Å². The minimum absolute atomic E-state index is 0.0470. The maximum absolute atomic E-state index is 10.1. The van der Waals surface area contributed by atoms with E-state index in [9.17, 15) is 14.7 Å². The summed E-state index contributed by atoms with van der Waals surface area (Å²) in [5, 5.41) is 38.2. The molecule has 2 aromatic rings. The second kappa shape index (κ2) is 11.2. The van der Waals surface area contributed by atoms with E-state index >= 15 is 0 Å². The van der Waals surface area contributed by atoms with E-state index < -0.39 is 11.9 Å². The highest BCUT2D eigenvalue weighted by Crippen LogP contribution is 2.35. The van der Waals surface area contributed by atoms with Crippen LogP contribution in [0, 0.1) is 11.3 Å². The summed E-state index contributed by atoms with van der Waals surface area (Å²) in [6.45, 7) is 0.518. The zero-order valence-corrected chi connectivity index (χ0v) is 15.5. The first-order chi connectivity index (χ1) is 13.3. The van der Waals surface area contributed by atoms with Gasteiger partial charge in [0.2, 0.25) is 0 Å². The number of carboxylic acids is 2. The van der Waals surface area contributed by atoms with Crippen molar-refractivity contribution in [3.63, 3.8) is 0 Å². The largest absolute Gasteiger partial charge is 0.504 e. The van der Waals surface area contributed by atoms with Gasteiger partial charge in [-0.2, -0.15) is 5.26 Å². The van der Waals surface area contributed by atoms with Gasteiger partial charge in [0.05, 0.1) is 5.56 Å². The van der Waals surface area contributed by atoms with Crippen LogP contribution in [0.25, 0.3) is 0 Å². The molecule has 0 unspecified atom stereocenters. The van der Waals surface area contributed by atoms with Gasteiger partial charge < -0.3 is 25.4 Å². The molecule has 0 aliphatic rings. The molecule has 0 fully saturated rings. The molecule has 0 atom stereocenters. The number of nitrogens with zero attached hydrogens (tertiary/aromatic N) is 1. The molecule has 0 radical (unpaired) electrons. The second-order valence-electron chi connectivity index (χ2n) is 5.16. The fourth-order valence-electron chi connectivity index (χ4n) is 1.92. The highest BCUT2D eigenvalue weighted by molar-refractivity contribution is 6.30. The summed E-state index contributed by atoms with van der Waals surface area (Å²) in [7, 11) is 1.79. The van der Waals surface area contributed by atoms with Gasteiger partial charge in [-0.1, -0.05) is 23.7 Å². The summed E-state index contributed by atoms with van der Waals surface area (Å²) in [6.07, 6.45) is 1.12. The number of benzene rings is 2. The Hall–Kier alpha value is -3.54. The molecular formula is C19H17ClN2O6. The van der Waals surface area contributed by atoms with Crippen molar-refractivity contribution < 1.29 is 29.6 Å². The summed E-state index contributed by atoms with van der Waals surface area (Å²) in [5.74, 6) is -1.86. The minimum atomic E-state index is -1.26. The molecule has 0 amide bonds. The van der Waals surface area contributed by atoms with Crippen LogP contribution < -0.4 is 10.1 Å². The van der Waals surface area contributed by atoms with Crippen LogP contribution in [-0.2, 0) is 16.1 Å². The van der Waals surface area contributed by atoms with Crippen LogP contribution in [0.4, 0.5) is 0 Å². The van der Waals surface area contributed by atoms with Crippen LogP contribution in [0.1, 0.15) is 11.1 Å². The maximum atomic E-state index is 10.1. The first-order valence-corrected chi connectivity index (χ1v) is 8.13. The lowest BCUT2D eigenvalue weighted by atomic mass is 10.1. The number of aromatic hydroxyl groups is 1. The lowest BCUT2D eigenvalue weighted by molar-refractivity contribution is -0.134. The van der Waals surface area contributed by atoms with Crippen molar-refractivity contribution >= 4 is 23.5 Å². The molecule has 28 heavy (non-hydrogen) atoms. The minimum Gasteiger partial charge on any atom is -0.504 e. The van der Waals surface area contributed by atoms with Crippen LogP contribution in [0.2, 0.25) is 5.02 Å². The quantitative estimate of drug-likeness (QED) is 0.538. The Balaban J connectivity index is 0.000000416. The number of phenols is 1. The van der Waals surface area contributed by atoms with E-state index in [0.29, 0.717) is 40.6 Å². The highest BCUT2D eigenvalue weighted by atomic mass is 35.5. The standard InChI is InChI=1S/C15H13ClN2O2.C4H4O4/c1-18-9-11-3-2-4-13(15(11)19)20-14-7-12(16)6-5-10(14)8-17;5-3(6)1-2-4(7)8/h2-7,18-19H,9H2,1H3;1-2H,(H,5,6)(H,7,8)/b;2-1+. The second-order valence-corrected chi connectivity index (χ2v) is 5.59. The number of hydrogen-bond donors (Lipinski definition) is 4. The zero-order valence-electron chi connectivity index (χ0n) is 14.7. The Morgan fingerprint density at radius 1 is 1.18 bits per heavy atom. The molecule has 9 heteroatoms. The number of nitrogens with one attached hydrogen (secondary N) is 1. The molecule has 0 heterocycles. The number of para-hydroxylation sites is 1. The smallest absolute Gasteiger partial charge is 0.328 e. The number of nitriles is 1. The van der Waals surface area contributed by atoms with Gasteiger partial charge in [-0.15, -0.1) is 0 Å². The fourth-order valence-corrected chi connectivity index (χ4v) is 2.08. The Morgan fingerprint density at radius 2 is 1.82 bits per heavy atom. The Kier molecular flexibility index (Phi) is 9.03. The van der Waals surface area contributed by atoms with Crippen LogP contribution >= 0.6 is 11.6 Å². The Bertz CT molecular complexity index is 905. The first-order valence-electron chi connectivity index (χ1n) is 7.75. The number of rotatable bonds is 6. The molecule has 0 spiro atoms. The van der Waals surface area contributed by atoms with Gasteiger partial charge in [0, 0.05) is 35.3 Å². The predicted molar refractivity (Wildman–Crippen MR) is 102 cm³/mol. The number of ether oxygens (including phenoxy) is 1. The fraction of sp³-hybridized carbons (Fsp3) is 0.105. The average Bonchev–Trinajstić information content (AvgIpc) is 2.64. The van der Waals surface area contributed by atoms with Gasteiger partial charge in [0.25, 0.3) is 0 Å². The maximum Gasteiger partial charge on any atom is 0.328 e. The topological polar surface area (TPSA) is 140 Å². The van der Waals surface area contributed by atoms with Crippen LogP contribution in [0.3, 0.4) is 0 Å². The van der Waals surface area contributed by atoms with Crippen molar-refractivity contribution in [2.75, 3.05) is 7.05 Å². The van der Waals surface area contributed by atoms with E-state index in [4.69, 9.17) is 31.8 Å². The monoisotopic (exact) mass is 404 g/mol. The van der Waals surface area contributed by atoms with Crippen LogP contribution in [0.15, 0.2) is 48.6 Å². The molecule has 2 aromatic carbocycles. The molecule has 0 bridgehead atoms. The highest BCUT2D eigenvalue weighted by Gasteiger charge is 2.11. The Labute approximate surface area is 165 Å². The summed E-state index contributed by atoms with van der Waals surface area (Å²) in [6, 6.07) is 12.0. The van der Waals surface area contributed by atoms with Crippen LogP contribution in [-0.4, -0.2) is 34.3 Å². The van der Waals surface area contributed by atoms with E-state index in [1.165, 1.54) is 0 Å². The van der Waals surface area contributed by atoms with Crippen LogP contribution in [0.5, 0.6) is 17.2 Å². The molecular weight excluding hydrogens is 388 g/mol. The van der Waals surface area contributed by atoms with Crippen molar-refractivity contribution in [2.45, 2.75) is 6.54 Å². The van der Waals surface area contributed by atoms with E-state index in [1.807, 2.05) is 6.07 Å². The SMILES string of the molecule is CNCc1cccc(Oc2cc(Cl)ccc2C#N)c1O.O=C(O)/C=C/C(=O)O. The lowest BCUT2D eigenvalue weighted by Crippen LogP contribution is -2.05. The van der Waals surface area contributed by atoms with Crippen molar-refractivity contribution in [1.29, 1.82) is 5.26 Å². The van der Waals surface area contributed by atoms with Gasteiger partial charge in [-0.3, -0.25) is 0 Å². The molecule has 146 valence electrons. The third-order valence-corrected chi connectivity index (χ3v) is 3.34. The molecule has 0 saturated carbocycles. The third-order valence-electron chi connectivity index (χ3n) is 3.10. The van der Waals surface area contributed by atoms with Gasteiger partial charge in [0.15, 0.2) is 11.5 Å². The third kappa shape index (κ3) is 7.37. The summed E-state index contributed by atoms with van der Waals surface area (Å²) in [4.78, 5) is 19.1. The first kappa shape index (κ1) is 22.5. The van der Waals surface area contributed by atoms with Gasteiger partial charge in [-0.25, -0.2) is 9.59 Å². The number of carbonyl (C=O) groups is 2. The number of aliphatic carboxylic acids is 2. The van der Waals surface area contributed by atoms with Gasteiger partial charge >= 0.3 is 11.9 Å². The molecule has 8 nitrogen and oxygen atoms in total. The normalized spacial score (nSPS) is 9.89. The zero-order chi connectivity index (χ0) is 21.1. The lowest BCUT2D eigenvalue weighted by Gasteiger charge is -2.12. The number of carboxylic acid groups (broad SMARTS) is 2. The van der Waals surface area contributed by atoms with Gasteiger partial charge in [-0.05, 0) is 25.2 Å². The van der Waals surface area contributed by atoms with E-state index in [2.05, 4.69) is 5.32 Å². The van der Waals surface area contributed by atoms with E-state index in [0.717, 1.165) is 0 Å². The Morgan fingerprint density at radius 3 is 2.36 bits per heavy atom. The molecule has 2 rings (SSSR count). The number of halogens is 1. The van der Waals surface area contributed by atoms with Gasteiger partial charge in [0.1, 0.15) is 11.8 Å². The van der Waals surface area contributed by atoms with Crippen molar-refractivity contribution in [1.82, 2.24) is 5.32 Å². The number of hydrogen-bond acceptors (Lipinski definition) is 6. The van der Waals surface area contributed by atoms with Crippen molar-refractivity contribution in [2.24, 2.45) is 0 Å². The molecule has 4 N–H and O–H groups in total. The predicted octanol–water partition coefficient (Wildman–Crippen LogP) is 3.14. The summed E-state index contributed by atoms with van der Waals surface area (Å²) < 4.78 is 5.61. The number of phenolic OH excluding ortho intramolecular Hbond substituents is 1. The summed E-state index contributed by atoms with van der Waals surface area (Å²) in [5.41, 5.74) is 1.07. The molecule has 0 aliphatic heterocycles. The molecule has 0 saturated heterocycles. The molecule has 0 aliphatic carbocycles. The molecule has 0 aromatic heterocycles. The average molecular weight is 405 g/mol. The van der Waals surface area contributed by atoms with Crippen molar-refractivity contribution in [3.8, 4) is 23.3 Å². The van der Waals surface area contributed by atoms with E-state index in [-0.39, 0.29) is 11.5 Å².